The highest BCUT2D eigenvalue weighted by atomic mass is 32.2. The third-order valence-electron chi connectivity index (χ3n) is 5.45. The Bertz CT molecular complexity index is 1300. The molecule has 1 saturated heterocycles. The van der Waals surface area contributed by atoms with Gasteiger partial charge in [-0.25, -0.2) is 35.5 Å². The molecule has 13 heteroatoms. The molecule has 0 bridgehead atoms. The van der Waals surface area contributed by atoms with Crippen LogP contribution < -0.4 is 5.73 Å². The summed E-state index contributed by atoms with van der Waals surface area (Å²) in [5.74, 6) is -4.74. The van der Waals surface area contributed by atoms with Crippen LogP contribution >= 0.6 is 0 Å². The lowest BCUT2D eigenvalue weighted by Crippen LogP contribution is -2.43. The first-order valence-electron chi connectivity index (χ1n) is 10.2. The zero-order valence-corrected chi connectivity index (χ0v) is 18.1. The summed E-state index contributed by atoms with van der Waals surface area (Å²) >= 11 is 0. The van der Waals surface area contributed by atoms with Crippen molar-refractivity contribution in [2.45, 2.75) is 37.0 Å². The highest BCUT2D eigenvalue weighted by Gasteiger charge is 2.41. The highest BCUT2D eigenvalue weighted by Crippen LogP contribution is 2.32. The lowest BCUT2D eigenvalue weighted by Gasteiger charge is -2.29. The topological polar surface area (TPSA) is 114 Å². The summed E-state index contributed by atoms with van der Waals surface area (Å²) < 4.78 is 80.2. The molecule has 1 atom stereocenters. The predicted molar refractivity (Wildman–Crippen MR) is 111 cm³/mol. The molecule has 1 aliphatic carbocycles. The summed E-state index contributed by atoms with van der Waals surface area (Å²) in [6.07, 6.45) is 3.73. The van der Waals surface area contributed by atoms with E-state index < -0.39 is 45.0 Å². The molecule has 2 aromatic heterocycles. The number of aromatic nitrogens is 3. The van der Waals surface area contributed by atoms with Gasteiger partial charge in [0.15, 0.2) is 17.5 Å². The molecule has 0 amide bonds. The number of fused-ring (bicyclic) bond motifs is 1. The quantitative estimate of drug-likeness (QED) is 0.434. The number of rotatable bonds is 3. The van der Waals surface area contributed by atoms with E-state index in [-0.39, 0.29) is 22.4 Å². The Hall–Kier alpha value is -2.77. The van der Waals surface area contributed by atoms with Gasteiger partial charge in [-0.2, -0.15) is 4.31 Å². The first-order valence-corrected chi connectivity index (χ1v) is 11.7. The molecule has 0 radical (unpaired) electrons. The van der Waals surface area contributed by atoms with Crippen LogP contribution in [0.5, 0.6) is 0 Å². The first kappa shape index (κ1) is 23.4. The number of sulfonamides is 1. The van der Waals surface area contributed by atoms with Gasteiger partial charge in [0.2, 0.25) is 16.0 Å². The number of aliphatic hydroxyl groups excluding tert-OH is 1. The number of benzene rings is 1. The number of hydrogen-bond acceptors (Lipinski definition) is 6. The van der Waals surface area contributed by atoms with Crippen LogP contribution in [-0.4, -0.2) is 56.9 Å². The van der Waals surface area contributed by atoms with Crippen LogP contribution in [0.4, 0.5) is 23.5 Å². The van der Waals surface area contributed by atoms with E-state index in [2.05, 4.69) is 10.1 Å². The molecule has 5 rings (SSSR count). The molecule has 0 spiro atoms. The van der Waals surface area contributed by atoms with Crippen LogP contribution in [0.3, 0.4) is 0 Å². The van der Waals surface area contributed by atoms with Crippen molar-refractivity contribution in [3.63, 3.8) is 0 Å². The van der Waals surface area contributed by atoms with Crippen LogP contribution in [0.25, 0.3) is 16.8 Å². The molecule has 3 N–H and O–H groups in total. The highest BCUT2D eigenvalue weighted by molar-refractivity contribution is 7.90. The third-order valence-corrected chi connectivity index (χ3v) is 7.82. The average Bonchev–Trinajstić information content (AvgIpc) is 3.58. The van der Waals surface area contributed by atoms with E-state index >= 15 is 0 Å². The van der Waals surface area contributed by atoms with Crippen molar-refractivity contribution < 1.29 is 31.1 Å². The van der Waals surface area contributed by atoms with Crippen molar-refractivity contribution in [2.75, 3.05) is 18.8 Å². The number of aliphatic hydroxyl groups is 1. The minimum atomic E-state index is -3.05. The van der Waals surface area contributed by atoms with Gasteiger partial charge in [-0.05, 0) is 37.8 Å². The van der Waals surface area contributed by atoms with Crippen molar-refractivity contribution in [1.29, 1.82) is 0 Å². The fourth-order valence-corrected chi connectivity index (χ4v) is 5.55. The number of nitrogens with two attached hydrogens (primary N) is 1. The zero-order valence-electron chi connectivity index (χ0n) is 17.3. The maximum Gasteiger partial charge on any atom is 0.238 e. The van der Waals surface area contributed by atoms with Gasteiger partial charge < -0.3 is 10.8 Å². The molecule has 3 aromatic rings. The molecule has 33 heavy (non-hydrogen) atoms. The molecule has 178 valence electrons. The second-order valence-corrected chi connectivity index (χ2v) is 10.1. The standard InChI is InChI=1S/C12H6F4N4.C8H15NO3S/c13-5-1-2-6(14)11(16)10(5)8-3-7(15)9-4-18-12(17)19-20(8)9;10-7-2-1-5-9(6-7)13(11,12)8-3-4-8/h1-4H,(H2,17,19);7-8,10H,1-6H2. The summed E-state index contributed by atoms with van der Waals surface area (Å²) in [4.78, 5) is 3.58. The smallest absolute Gasteiger partial charge is 0.238 e. The van der Waals surface area contributed by atoms with Crippen LogP contribution in [-0.2, 0) is 10.0 Å². The van der Waals surface area contributed by atoms with Crippen LogP contribution in [0.15, 0.2) is 24.4 Å². The van der Waals surface area contributed by atoms with E-state index in [0.717, 1.165) is 48.5 Å². The molecular weight excluding hydrogens is 466 g/mol. The number of piperidine rings is 1. The number of halogens is 4. The Morgan fingerprint density at radius 2 is 1.76 bits per heavy atom. The number of hydrogen-bond donors (Lipinski definition) is 2. The van der Waals surface area contributed by atoms with Crippen molar-refractivity contribution in [3.05, 3.63) is 47.7 Å². The Balaban J connectivity index is 0.000000172. The Labute approximate surface area is 186 Å². The van der Waals surface area contributed by atoms with Gasteiger partial charge in [0.05, 0.1) is 28.8 Å². The van der Waals surface area contributed by atoms with Gasteiger partial charge in [0, 0.05) is 19.2 Å². The molecule has 2 fully saturated rings. The Morgan fingerprint density at radius 1 is 1.06 bits per heavy atom. The SMILES string of the molecule is Nc1ncc2c(F)cc(-c3c(F)ccc(F)c3F)n2n1.O=S(=O)(C1CC1)N1CCCC(O)C1. The van der Waals surface area contributed by atoms with Gasteiger partial charge in [-0.1, -0.05) is 0 Å². The normalized spacial score (nSPS) is 19.4. The Kier molecular flexibility index (Phi) is 6.29. The predicted octanol–water partition coefficient (Wildman–Crippen LogP) is 2.47. The van der Waals surface area contributed by atoms with Crippen LogP contribution in [0.2, 0.25) is 0 Å². The fourth-order valence-electron chi connectivity index (χ4n) is 3.63. The molecule has 1 unspecified atom stereocenters. The van der Waals surface area contributed by atoms with Crippen molar-refractivity contribution in [3.8, 4) is 11.3 Å². The van der Waals surface area contributed by atoms with E-state index in [0.29, 0.717) is 19.2 Å². The van der Waals surface area contributed by atoms with Gasteiger partial charge in [0.25, 0.3) is 0 Å². The summed E-state index contributed by atoms with van der Waals surface area (Å²) in [7, 11) is -3.05. The van der Waals surface area contributed by atoms with E-state index in [4.69, 9.17) is 5.73 Å². The number of nitrogen functional groups attached to an aromatic ring is 1. The summed E-state index contributed by atoms with van der Waals surface area (Å²) in [6, 6.07) is 2.23. The minimum Gasteiger partial charge on any atom is -0.392 e. The van der Waals surface area contributed by atoms with Crippen molar-refractivity contribution in [2.24, 2.45) is 0 Å². The lowest BCUT2D eigenvalue weighted by atomic mass is 10.1. The molecule has 1 aliphatic heterocycles. The minimum absolute atomic E-state index is 0.128. The second-order valence-electron chi connectivity index (χ2n) is 7.91. The van der Waals surface area contributed by atoms with Gasteiger partial charge >= 0.3 is 0 Å². The molecule has 2 aliphatic rings. The van der Waals surface area contributed by atoms with E-state index in [9.17, 15) is 31.1 Å². The summed E-state index contributed by atoms with van der Waals surface area (Å²) in [6.45, 7) is 0.898. The van der Waals surface area contributed by atoms with Gasteiger partial charge in [-0.3, -0.25) is 0 Å². The maximum absolute atomic E-state index is 13.8. The molecule has 8 nitrogen and oxygen atoms in total. The number of nitrogens with zero attached hydrogens (tertiary/aromatic N) is 4. The number of anilines is 1. The molecular formula is C20H21F4N5O3S. The lowest BCUT2D eigenvalue weighted by molar-refractivity contribution is 0.108. The maximum atomic E-state index is 13.8. The summed E-state index contributed by atoms with van der Waals surface area (Å²) in [5.41, 5.74) is 4.22. The van der Waals surface area contributed by atoms with Crippen molar-refractivity contribution in [1.82, 2.24) is 18.9 Å². The average molecular weight is 487 g/mol. The monoisotopic (exact) mass is 487 g/mol. The van der Waals surface area contributed by atoms with Crippen LogP contribution in [0, 0.1) is 23.3 Å². The third kappa shape index (κ3) is 4.66. The largest absolute Gasteiger partial charge is 0.392 e. The summed E-state index contributed by atoms with van der Waals surface area (Å²) in [5, 5.41) is 12.9. The zero-order chi connectivity index (χ0) is 23.9. The number of β-amino-alcohol motifs (C(OH)–C–C–N with tert-alkyl or cyclic N) is 1. The van der Waals surface area contributed by atoms with Crippen molar-refractivity contribution >= 4 is 21.5 Å². The second kappa shape index (κ2) is 8.88. The molecule has 3 heterocycles. The van der Waals surface area contributed by atoms with E-state index in [1.165, 1.54) is 4.31 Å². The van der Waals surface area contributed by atoms with Gasteiger partial charge in [-0.15, -0.1) is 5.10 Å². The molecule has 1 saturated carbocycles. The molecule has 1 aromatic carbocycles. The Morgan fingerprint density at radius 3 is 2.42 bits per heavy atom. The van der Waals surface area contributed by atoms with Crippen LogP contribution in [0.1, 0.15) is 25.7 Å². The van der Waals surface area contributed by atoms with E-state index in [1.54, 1.807) is 0 Å². The fraction of sp³-hybridized carbons (Fsp3) is 0.400. The van der Waals surface area contributed by atoms with E-state index in [1.807, 2.05) is 0 Å². The van der Waals surface area contributed by atoms with Gasteiger partial charge in [0.1, 0.15) is 11.3 Å². The first-order chi connectivity index (χ1) is 15.6.